The Labute approximate surface area is 80.0 Å². The van der Waals surface area contributed by atoms with Gasteiger partial charge in [-0.15, -0.1) is 0 Å². The van der Waals surface area contributed by atoms with Gasteiger partial charge >= 0.3 is 0 Å². The Kier molecular flexibility index (Phi) is 2.81. The molecular formula is C7H10N4OS. The standard InChI is InChI=1S/C7H10N4OS/c1-2-8-7(9-3-1)13-4-6-10-5-11-12-6/h5H,1-4H2,(H,8,9). The fourth-order valence-electron chi connectivity index (χ4n) is 0.997. The maximum absolute atomic E-state index is 4.86. The van der Waals surface area contributed by atoms with Crippen molar-refractivity contribution in [3.8, 4) is 0 Å². The summed E-state index contributed by atoms with van der Waals surface area (Å²) in [6.45, 7) is 1.93. The first-order valence-electron chi connectivity index (χ1n) is 4.12. The number of hydrogen-bond donors (Lipinski definition) is 1. The van der Waals surface area contributed by atoms with Crippen LogP contribution in [0.3, 0.4) is 0 Å². The minimum absolute atomic E-state index is 0.639. The summed E-state index contributed by atoms with van der Waals surface area (Å²) >= 11 is 1.60. The largest absolute Gasteiger partial charge is 0.365 e. The molecule has 70 valence electrons. The average molecular weight is 198 g/mol. The Morgan fingerprint density at radius 1 is 1.62 bits per heavy atom. The molecule has 0 fully saturated rings. The van der Waals surface area contributed by atoms with Crippen molar-refractivity contribution in [2.75, 3.05) is 13.1 Å². The van der Waals surface area contributed by atoms with Gasteiger partial charge in [0, 0.05) is 13.1 Å². The van der Waals surface area contributed by atoms with Crippen LogP contribution in [0, 0.1) is 0 Å². The van der Waals surface area contributed by atoms with Gasteiger partial charge in [-0.25, -0.2) is 0 Å². The van der Waals surface area contributed by atoms with E-state index in [0.717, 1.165) is 24.7 Å². The molecule has 0 unspecified atom stereocenters. The van der Waals surface area contributed by atoms with Gasteiger partial charge in [0.1, 0.15) is 0 Å². The first-order chi connectivity index (χ1) is 6.45. The van der Waals surface area contributed by atoms with E-state index in [-0.39, 0.29) is 0 Å². The lowest BCUT2D eigenvalue weighted by Crippen LogP contribution is -2.26. The second kappa shape index (κ2) is 4.27. The van der Waals surface area contributed by atoms with Gasteiger partial charge in [0.25, 0.3) is 0 Å². The number of hydrogen-bond acceptors (Lipinski definition) is 6. The highest BCUT2D eigenvalue weighted by Gasteiger charge is 2.06. The van der Waals surface area contributed by atoms with E-state index in [1.807, 2.05) is 0 Å². The summed E-state index contributed by atoms with van der Waals surface area (Å²) in [5.41, 5.74) is 0. The smallest absolute Gasteiger partial charge is 0.236 e. The molecule has 5 nitrogen and oxygen atoms in total. The van der Waals surface area contributed by atoms with Crippen molar-refractivity contribution in [3.63, 3.8) is 0 Å². The third kappa shape index (κ3) is 2.45. The van der Waals surface area contributed by atoms with Gasteiger partial charge in [-0.3, -0.25) is 4.99 Å². The maximum Gasteiger partial charge on any atom is 0.236 e. The Morgan fingerprint density at radius 2 is 2.62 bits per heavy atom. The van der Waals surface area contributed by atoms with Crippen LogP contribution < -0.4 is 5.32 Å². The highest BCUT2D eigenvalue weighted by atomic mass is 32.2. The summed E-state index contributed by atoms with van der Waals surface area (Å²) in [5, 5.41) is 7.71. The number of rotatable bonds is 2. The number of aromatic nitrogens is 2. The molecule has 2 rings (SSSR count). The molecule has 0 saturated heterocycles. The van der Waals surface area contributed by atoms with Crippen LogP contribution in [0.1, 0.15) is 12.3 Å². The Hall–Kier alpha value is -1.04. The monoisotopic (exact) mass is 198 g/mol. The Balaban J connectivity index is 1.82. The summed E-state index contributed by atoms with van der Waals surface area (Å²) in [6, 6.07) is 0. The second-order valence-corrected chi connectivity index (χ2v) is 3.55. The molecule has 0 spiro atoms. The molecule has 1 aromatic heterocycles. The van der Waals surface area contributed by atoms with Crippen LogP contribution >= 0.6 is 11.8 Å². The zero-order valence-corrected chi connectivity index (χ0v) is 7.88. The molecule has 1 aromatic rings. The van der Waals surface area contributed by atoms with E-state index >= 15 is 0 Å². The molecule has 0 aliphatic carbocycles. The van der Waals surface area contributed by atoms with Crippen LogP contribution in [0.25, 0.3) is 0 Å². The van der Waals surface area contributed by atoms with Crippen molar-refractivity contribution in [1.82, 2.24) is 15.5 Å². The van der Waals surface area contributed by atoms with Gasteiger partial charge in [-0.05, 0) is 6.42 Å². The SMILES string of the molecule is c1noc(CSC2=NCCCN2)n1. The lowest BCUT2D eigenvalue weighted by atomic mass is 10.4. The fraction of sp³-hybridized carbons (Fsp3) is 0.571. The molecule has 1 aliphatic heterocycles. The van der Waals surface area contributed by atoms with Crippen LogP contribution in [0.5, 0.6) is 0 Å². The highest BCUT2D eigenvalue weighted by Crippen LogP contribution is 2.11. The van der Waals surface area contributed by atoms with Crippen LogP contribution in [0.15, 0.2) is 15.8 Å². The third-order valence-electron chi connectivity index (χ3n) is 1.61. The van der Waals surface area contributed by atoms with Crippen molar-refractivity contribution in [2.24, 2.45) is 4.99 Å². The summed E-state index contributed by atoms with van der Waals surface area (Å²) in [7, 11) is 0. The molecule has 0 bridgehead atoms. The highest BCUT2D eigenvalue weighted by molar-refractivity contribution is 8.13. The molecule has 2 heterocycles. The molecule has 1 aliphatic rings. The topological polar surface area (TPSA) is 63.3 Å². The summed E-state index contributed by atoms with van der Waals surface area (Å²) in [5.74, 6) is 1.33. The second-order valence-electron chi connectivity index (χ2n) is 2.59. The van der Waals surface area contributed by atoms with Crippen molar-refractivity contribution in [3.05, 3.63) is 12.2 Å². The number of amidine groups is 1. The molecule has 0 saturated carbocycles. The normalized spacial score (nSPS) is 16.5. The molecule has 0 atom stereocenters. The number of aliphatic imine (C=N–C) groups is 1. The van der Waals surface area contributed by atoms with Crippen molar-refractivity contribution < 1.29 is 4.52 Å². The lowest BCUT2D eigenvalue weighted by Gasteiger charge is -2.12. The van der Waals surface area contributed by atoms with Crippen molar-refractivity contribution in [2.45, 2.75) is 12.2 Å². The van der Waals surface area contributed by atoms with Crippen LogP contribution in [-0.4, -0.2) is 28.4 Å². The van der Waals surface area contributed by atoms with E-state index in [1.54, 1.807) is 11.8 Å². The predicted octanol–water partition coefficient (Wildman–Crippen LogP) is 0.652. The average Bonchev–Trinajstić information content (AvgIpc) is 2.69. The maximum atomic E-state index is 4.86. The van der Waals surface area contributed by atoms with Crippen LogP contribution in [0.2, 0.25) is 0 Å². The molecule has 1 N–H and O–H groups in total. The van der Waals surface area contributed by atoms with Gasteiger partial charge in [-0.1, -0.05) is 16.9 Å². The van der Waals surface area contributed by atoms with Gasteiger partial charge in [0.05, 0.1) is 5.75 Å². The Morgan fingerprint density at radius 3 is 3.31 bits per heavy atom. The Bertz CT molecular complexity index is 285. The quantitative estimate of drug-likeness (QED) is 0.756. The lowest BCUT2D eigenvalue weighted by molar-refractivity contribution is 0.390. The van der Waals surface area contributed by atoms with Gasteiger partial charge < -0.3 is 9.84 Å². The third-order valence-corrected chi connectivity index (χ3v) is 2.54. The number of nitrogens with zero attached hydrogens (tertiary/aromatic N) is 3. The number of nitrogens with one attached hydrogen (secondary N) is 1. The molecule has 0 radical (unpaired) electrons. The zero-order chi connectivity index (χ0) is 8.93. The molecule has 6 heteroatoms. The summed E-state index contributed by atoms with van der Waals surface area (Å²) in [6.07, 6.45) is 2.52. The van der Waals surface area contributed by atoms with Crippen molar-refractivity contribution in [1.29, 1.82) is 0 Å². The summed E-state index contributed by atoms with van der Waals surface area (Å²) in [4.78, 5) is 8.23. The predicted molar refractivity (Wildman–Crippen MR) is 50.5 cm³/mol. The molecular weight excluding hydrogens is 188 g/mol. The minimum Gasteiger partial charge on any atom is -0.365 e. The molecule has 0 aromatic carbocycles. The van der Waals surface area contributed by atoms with E-state index in [2.05, 4.69) is 20.4 Å². The van der Waals surface area contributed by atoms with E-state index in [9.17, 15) is 0 Å². The van der Waals surface area contributed by atoms with E-state index in [1.165, 1.54) is 6.33 Å². The molecule has 13 heavy (non-hydrogen) atoms. The zero-order valence-electron chi connectivity index (χ0n) is 7.06. The number of thioether (sulfide) groups is 1. The fourth-order valence-corrected chi connectivity index (χ4v) is 1.77. The van der Waals surface area contributed by atoms with E-state index < -0.39 is 0 Å². The van der Waals surface area contributed by atoms with Gasteiger partial charge in [-0.2, -0.15) is 4.98 Å². The van der Waals surface area contributed by atoms with E-state index in [4.69, 9.17) is 4.52 Å². The first kappa shape index (κ1) is 8.55. The van der Waals surface area contributed by atoms with Crippen LogP contribution in [-0.2, 0) is 5.75 Å². The van der Waals surface area contributed by atoms with Gasteiger partial charge in [0.2, 0.25) is 5.89 Å². The first-order valence-corrected chi connectivity index (χ1v) is 5.10. The molecule has 0 amide bonds. The summed E-state index contributed by atoms with van der Waals surface area (Å²) < 4.78 is 4.86. The minimum atomic E-state index is 0.639. The van der Waals surface area contributed by atoms with Crippen LogP contribution in [0.4, 0.5) is 0 Å². The van der Waals surface area contributed by atoms with E-state index in [0.29, 0.717) is 11.6 Å². The van der Waals surface area contributed by atoms with Gasteiger partial charge in [0.15, 0.2) is 11.5 Å². The van der Waals surface area contributed by atoms with Crippen molar-refractivity contribution >= 4 is 16.9 Å².